The number of aromatic nitrogens is 3. The van der Waals surface area contributed by atoms with Crippen LogP contribution in [0.3, 0.4) is 0 Å². The first-order chi connectivity index (χ1) is 8.01. The Hall–Kier alpha value is -0.990. The minimum Gasteiger partial charge on any atom is -0.383 e. The number of rotatable bonds is 8. The molecule has 0 spiro atoms. The van der Waals surface area contributed by atoms with Crippen LogP contribution in [-0.4, -0.2) is 55.7 Å². The van der Waals surface area contributed by atoms with Crippen LogP contribution in [0.4, 0.5) is 0 Å². The van der Waals surface area contributed by atoms with E-state index in [1.54, 1.807) is 13.3 Å². The molecular formula is C9H18N4O3S. The van der Waals surface area contributed by atoms with Gasteiger partial charge in [0.1, 0.15) is 9.84 Å². The van der Waals surface area contributed by atoms with Crippen molar-refractivity contribution in [3.63, 3.8) is 0 Å². The molecule has 0 aromatic carbocycles. The Morgan fingerprint density at radius 3 is 2.94 bits per heavy atom. The molecule has 8 heteroatoms. The lowest BCUT2D eigenvalue weighted by molar-refractivity contribution is 0.199. The van der Waals surface area contributed by atoms with Crippen LogP contribution >= 0.6 is 0 Å². The number of nitrogens with one attached hydrogen (secondary N) is 1. The van der Waals surface area contributed by atoms with Crippen molar-refractivity contribution in [1.29, 1.82) is 0 Å². The first-order valence-corrected chi connectivity index (χ1v) is 7.34. The Morgan fingerprint density at radius 1 is 1.53 bits per heavy atom. The number of aryl methyl sites for hydroxylation is 1. The second-order valence-electron chi connectivity index (χ2n) is 3.77. The molecule has 0 fully saturated rings. The summed E-state index contributed by atoms with van der Waals surface area (Å²) < 4.78 is 28.4. The molecule has 0 unspecified atom stereocenters. The molecule has 98 valence electrons. The van der Waals surface area contributed by atoms with Crippen LogP contribution in [0.25, 0.3) is 0 Å². The lowest BCUT2D eigenvalue weighted by atomic mass is 10.4. The van der Waals surface area contributed by atoms with Crippen LogP contribution in [0.15, 0.2) is 6.20 Å². The van der Waals surface area contributed by atoms with Crippen molar-refractivity contribution in [2.75, 3.05) is 32.3 Å². The van der Waals surface area contributed by atoms with Gasteiger partial charge in [-0.3, -0.25) is 4.68 Å². The zero-order chi connectivity index (χ0) is 12.7. The summed E-state index contributed by atoms with van der Waals surface area (Å²) in [6.07, 6.45) is 2.95. The average molecular weight is 262 g/mol. The quantitative estimate of drug-likeness (QED) is 0.608. The third-order valence-corrected chi connectivity index (χ3v) is 2.99. The van der Waals surface area contributed by atoms with E-state index in [1.165, 1.54) is 10.9 Å². The normalized spacial score (nSPS) is 11.9. The highest BCUT2D eigenvalue weighted by atomic mass is 32.2. The second-order valence-corrected chi connectivity index (χ2v) is 6.03. The maximum atomic E-state index is 11.0. The molecule has 1 rings (SSSR count). The van der Waals surface area contributed by atoms with E-state index in [-0.39, 0.29) is 5.75 Å². The molecule has 0 atom stereocenters. The summed E-state index contributed by atoms with van der Waals surface area (Å²) in [6.45, 7) is 2.32. The van der Waals surface area contributed by atoms with E-state index >= 15 is 0 Å². The molecule has 0 aliphatic heterocycles. The van der Waals surface area contributed by atoms with Crippen molar-refractivity contribution in [3.8, 4) is 0 Å². The number of ether oxygens (including phenoxy) is 1. The van der Waals surface area contributed by atoms with Gasteiger partial charge in [-0.05, 0) is 0 Å². The largest absolute Gasteiger partial charge is 0.383 e. The summed E-state index contributed by atoms with van der Waals surface area (Å²) in [7, 11) is -1.32. The van der Waals surface area contributed by atoms with Gasteiger partial charge in [0, 0.05) is 32.7 Å². The smallest absolute Gasteiger partial charge is 0.149 e. The summed E-state index contributed by atoms with van der Waals surface area (Å²) in [5, 5.41) is 10.9. The molecule has 17 heavy (non-hydrogen) atoms. The van der Waals surface area contributed by atoms with Crippen LogP contribution in [0.2, 0.25) is 0 Å². The minimum atomic E-state index is -2.96. The summed E-state index contributed by atoms with van der Waals surface area (Å²) in [5.74, 6) is 0.0763. The fraction of sp³-hybridized carbons (Fsp3) is 0.778. The highest BCUT2D eigenvalue weighted by Crippen LogP contribution is 1.94. The van der Waals surface area contributed by atoms with Gasteiger partial charge >= 0.3 is 0 Å². The Balaban J connectivity index is 2.32. The highest BCUT2D eigenvalue weighted by Gasteiger charge is 2.05. The van der Waals surface area contributed by atoms with Gasteiger partial charge in [0.15, 0.2) is 0 Å². The molecule has 1 N–H and O–H groups in total. The molecular weight excluding hydrogens is 244 g/mol. The summed E-state index contributed by atoms with van der Waals surface area (Å²) in [4.78, 5) is 0. The SMILES string of the molecule is COCCNCc1cn(CCS(C)(=O)=O)nn1. The van der Waals surface area contributed by atoms with Gasteiger partial charge in [-0.2, -0.15) is 0 Å². The van der Waals surface area contributed by atoms with E-state index in [4.69, 9.17) is 4.74 Å². The second kappa shape index (κ2) is 6.67. The van der Waals surface area contributed by atoms with Gasteiger partial charge in [-0.15, -0.1) is 5.10 Å². The van der Waals surface area contributed by atoms with Crippen LogP contribution in [0.1, 0.15) is 5.69 Å². The van der Waals surface area contributed by atoms with Gasteiger partial charge in [-0.1, -0.05) is 5.21 Å². The first kappa shape index (κ1) is 14.1. The topological polar surface area (TPSA) is 86.1 Å². The van der Waals surface area contributed by atoms with E-state index in [0.29, 0.717) is 19.7 Å². The molecule has 0 aliphatic rings. The standard InChI is InChI=1S/C9H18N4O3S/c1-16-5-3-10-7-9-8-13(12-11-9)4-6-17(2,14)15/h8,10H,3-7H2,1-2H3. The van der Waals surface area contributed by atoms with E-state index in [9.17, 15) is 8.42 Å². The van der Waals surface area contributed by atoms with Crippen LogP contribution in [-0.2, 0) is 27.7 Å². The molecule has 0 amide bonds. The Labute approximate surface area is 101 Å². The third kappa shape index (κ3) is 6.35. The Bertz CT molecular complexity index is 429. The molecule has 0 saturated heterocycles. The molecule has 1 aromatic heterocycles. The van der Waals surface area contributed by atoms with Gasteiger partial charge < -0.3 is 10.1 Å². The fourth-order valence-corrected chi connectivity index (χ4v) is 1.70. The van der Waals surface area contributed by atoms with Gasteiger partial charge in [0.25, 0.3) is 0 Å². The third-order valence-electron chi connectivity index (χ3n) is 2.07. The number of methoxy groups -OCH3 is 1. The zero-order valence-electron chi connectivity index (χ0n) is 10.1. The maximum absolute atomic E-state index is 11.0. The van der Waals surface area contributed by atoms with Crippen molar-refractivity contribution in [2.45, 2.75) is 13.1 Å². The summed E-state index contributed by atoms with van der Waals surface area (Å²) in [5.41, 5.74) is 0.787. The monoisotopic (exact) mass is 262 g/mol. The lowest BCUT2D eigenvalue weighted by Crippen LogP contribution is -2.18. The molecule has 7 nitrogen and oxygen atoms in total. The molecule has 0 bridgehead atoms. The lowest BCUT2D eigenvalue weighted by Gasteiger charge is -2.00. The van der Waals surface area contributed by atoms with E-state index in [2.05, 4.69) is 15.6 Å². The van der Waals surface area contributed by atoms with Crippen LogP contribution in [0, 0.1) is 0 Å². The van der Waals surface area contributed by atoms with Gasteiger partial charge in [-0.25, -0.2) is 8.42 Å². The number of hydrogen-bond donors (Lipinski definition) is 1. The number of hydrogen-bond acceptors (Lipinski definition) is 6. The zero-order valence-corrected chi connectivity index (χ0v) is 10.9. The fourth-order valence-electron chi connectivity index (χ4n) is 1.18. The van der Waals surface area contributed by atoms with Crippen molar-refractivity contribution in [3.05, 3.63) is 11.9 Å². The van der Waals surface area contributed by atoms with Crippen molar-refractivity contribution >= 4 is 9.84 Å². The Kier molecular flexibility index (Phi) is 5.52. The predicted molar refractivity (Wildman–Crippen MR) is 63.3 cm³/mol. The van der Waals surface area contributed by atoms with Crippen LogP contribution in [0.5, 0.6) is 0 Å². The molecule has 0 radical (unpaired) electrons. The number of sulfone groups is 1. The van der Waals surface area contributed by atoms with E-state index in [1.807, 2.05) is 0 Å². The van der Waals surface area contributed by atoms with Crippen LogP contribution < -0.4 is 5.32 Å². The molecule has 1 heterocycles. The van der Waals surface area contributed by atoms with Gasteiger partial charge in [0.05, 0.1) is 24.6 Å². The molecule has 1 aromatic rings. The summed E-state index contributed by atoms with van der Waals surface area (Å²) in [6, 6.07) is 0. The van der Waals surface area contributed by atoms with Crippen molar-refractivity contribution in [1.82, 2.24) is 20.3 Å². The van der Waals surface area contributed by atoms with Crippen molar-refractivity contribution < 1.29 is 13.2 Å². The maximum Gasteiger partial charge on any atom is 0.149 e. The van der Waals surface area contributed by atoms with E-state index in [0.717, 1.165) is 12.2 Å². The average Bonchev–Trinajstić information content (AvgIpc) is 2.69. The minimum absolute atomic E-state index is 0.0763. The Morgan fingerprint density at radius 2 is 2.29 bits per heavy atom. The van der Waals surface area contributed by atoms with E-state index < -0.39 is 9.84 Å². The molecule has 0 saturated carbocycles. The van der Waals surface area contributed by atoms with Crippen molar-refractivity contribution in [2.24, 2.45) is 0 Å². The predicted octanol–water partition coefficient (Wildman–Crippen LogP) is -0.941. The number of nitrogens with zero attached hydrogens (tertiary/aromatic N) is 3. The first-order valence-electron chi connectivity index (χ1n) is 5.27. The summed E-state index contributed by atoms with van der Waals surface area (Å²) >= 11 is 0. The van der Waals surface area contributed by atoms with Gasteiger partial charge in [0.2, 0.25) is 0 Å². The highest BCUT2D eigenvalue weighted by molar-refractivity contribution is 7.90. The molecule has 0 aliphatic carbocycles.